The van der Waals surface area contributed by atoms with Gasteiger partial charge in [0, 0.05) is 18.5 Å². The third kappa shape index (κ3) is 3.76. The zero-order valence-corrected chi connectivity index (χ0v) is 12.4. The first-order valence-corrected chi connectivity index (χ1v) is 6.84. The Kier molecular flexibility index (Phi) is 5.25. The van der Waals surface area contributed by atoms with E-state index in [2.05, 4.69) is 15.6 Å². The second-order valence-corrected chi connectivity index (χ2v) is 5.38. The number of hydrogen-bond donors (Lipinski definition) is 2. The zero-order chi connectivity index (χ0) is 13.8. The number of thiazole rings is 1. The van der Waals surface area contributed by atoms with Gasteiger partial charge >= 0.3 is 0 Å². The highest BCUT2D eigenvalue weighted by atomic mass is 32.1. The number of ether oxygens (including phenoxy) is 1. The van der Waals surface area contributed by atoms with Gasteiger partial charge in [-0.25, -0.2) is 4.98 Å². The maximum absolute atomic E-state index is 11.9. The molecule has 1 heterocycles. The standard InChI is InChI=1S/C12H21N3O2S/c1-6-13-8(2)9-7-18-11(14-9)15-10(16)12(3,4)17-5/h7-8,13H,6H2,1-5H3,(H,14,15,16). The Morgan fingerprint density at radius 1 is 1.61 bits per heavy atom. The highest BCUT2D eigenvalue weighted by Crippen LogP contribution is 2.21. The lowest BCUT2D eigenvalue weighted by molar-refractivity contribution is -0.133. The molecule has 0 spiro atoms. The maximum Gasteiger partial charge on any atom is 0.257 e. The summed E-state index contributed by atoms with van der Waals surface area (Å²) >= 11 is 1.42. The van der Waals surface area contributed by atoms with Crippen molar-refractivity contribution in [2.75, 3.05) is 19.0 Å². The van der Waals surface area contributed by atoms with E-state index in [9.17, 15) is 4.79 Å². The number of nitrogens with zero attached hydrogens (tertiary/aromatic N) is 1. The van der Waals surface area contributed by atoms with Gasteiger partial charge < -0.3 is 10.1 Å². The van der Waals surface area contributed by atoms with Crippen LogP contribution >= 0.6 is 11.3 Å². The van der Waals surface area contributed by atoms with Gasteiger partial charge in [0.25, 0.3) is 5.91 Å². The second-order valence-electron chi connectivity index (χ2n) is 4.53. The summed E-state index contributed by atoms with van der Waals surface area (Å²) in [5.74, 6) is -0.193. The minimum absolute atomic E-state index is 0.187. The van der Waals surface area contributed by atoms with Crippen LogP contribution in [0.15, 0.2) is 5.38 Å². The van der Waals surface area contributed by atoms with Crippen LogP contribution in [-0.4, -0.2) is 30.1 Å². The van der Waals surface area contributed by atoms with E-state index in [-0.39, 0.29) is 11.9 Å². The van der Waals surface area contributed by atoms with Gasteiger partial charge in [-0.1, -0.05) is 6.92 Å². The van der Waals surface area contributed by atoms with Gasteiger partial charge in [0.2, 0.25) is 0 Å². The lowest BCUT2D eigenvalue weighted by Gasteiger charge is -2.20. The SMILES string of the molecule is CCNC(C)c1csc(NC(=O)C(C)(C)OC)n1. The molecule has 6 heteroatoms. The molecule has 0 aromatic carbocycles. The number of rotatable bonds is 6. The topological polar surface area (TPSA) is 63.2 Å². The van der Waals surface area contributed by atoms with Crippen LogP contribution in [-0.2, 0) is 9.53 Å². The van der Waals surface area contributed by atoms with E-state index in [1.165, 1.54) is 18.4 Å². The molecular weight excluding hydrogens is 250 g/mol. The monoisotopic (exact) mass is 271 g/mol. The van der Waals surface area contributed by atoms with Gasteiger partial charge in [-0.05, 0) is 27.3 Å². The quantitative estimate of drug-likeness (QED) is 0.832. The van der Waals surface area contributed by atoms with Crippen LogP contribution in [0.4, 0.5) is 5.13 Å². The van der Waals surface area contributed by atoms with Crippen LogP contribution in [0.25, 0.3) is 0 Å². The van der Waals surface area contributed by atoms with Crippen molar-refractivity contribution in [3.63, 3.8) is 0 Å². The first kappa shape index (κ1) is 15.1. The number of carbonyl (C=O) groups is 1. The van der Waals surface area contributed by atoms with Crippen molar-refractivity contribution in [1.82, 2.24) is 10.3 Å². The predicted octanol–water partition coefficient (Wildman–Crippen LogP) is 2.18. The van der Waals surface area contributed by atoms with E-state index in [0.717, 1.165) is 12.2 Å². The molecule has 0 aliphatic rings. The van der Waals surface area contributed by atoms with Gasteiger partial charge in [0.1, 0.15) is 5.60 Å². The van der Waals surface area contributed by atoms with Crippen LogP contribution in [0.3, 0.4) is 0 Å². The predicted molar refractivity (Wildman–Crippen MR) is 73.9 cm³/mol. The van der Waals surface area contributed by atoms with Crippen LogP contribution in [0, 0.1) is 0 Å². The number of aromatic nitrogens is 1. The summed E-state index contributed by atoms with van der Waals surface area (Å²) in [6.07, 6.45) is 0. The summed E-state index contributed by atoms with van der Waals surface area (Å²) in [4.78, 5) is 16.3. The molecule has 1 aromatic heterocycles. The van der Waals surface area contributed by atoms with Crippen molar-refractivity contribution in [3.8, 4) is 0 Å². The summed E-state index contributed by atoms with van der Waals surface area (Å²) in [5, 5.41) is 8.59. The van der Waals surface area contributed by atoms with Crippen molar-refractivity contribution in [1.29, 1.82) is 0 Å². The number of carbonyl (C=O) groups excluding carboxylic acids is 1. The number of hydrogen-bond acceptors (Lipinski definition) is 5. The number of nitrogens with one attached hydrogen (secondary N) is 2. The molecule has 1 amide bonds. The molecule has 0 fully saturated rings. The zero-order valence-electron chi connectivity index (χ0n) is 11.5. The van der Waals surface area contributed by atoms with Crippen LogP contribution in [0.5, 0.6) is 0 Å². The minimum atomic E-state index is -0.848. The molecule has 1 unspecified atom stereocenters. The van der Waals surface area contributed by atoms with Gasteiger partial charge in [-0.2, -0.15) is 0 Å². The van der Waals surface area contributed by atoms with E-state index >= 15 is 0 Å². The minimum Gasteiger partial charge on any atom is -0.369 e. The molecule has 1 aromatic rings. The molecule has 2 N–H and O–H groups in total. The third-order valence-corrected chi connectivity index (χ3v) is 3.53. The summed E-state index contributed by atoms with van der Waals surface area (Å²) in [5.41, 5.74) is 0.0893. The molecule has 0 radical (unpaired) electrons. The number of anilines is 1. The summed E-state index contributed by atoms with van der Waals surface area (Å²) < 4.78 is 5.12. The maximum atomic E-state index is 11.9. The molecule has 102 valence electrons. The molecule has 0 saturated heterocycles. The Balaban J connectivity index is 2.67. The van der Waals surface area contributed by atoms with Crippen molar-refractivity contribution in [2.24, 2.45) is 0 Å². The molecule has 18 heavy (non-hydrogen) atoms. The number of methoxy groups -OCH3 is 1. The second kappa shape index (κ2) is 6.26. The fraction of sp³-hybridized carbons (Fsp3) is 0.667. The molecular formula is C12H21N3O2S. The van der Waals surface area contributed by atoms with Crippen LogP contribution < -0.4 is 10.6 Å². The third-order valence-electron chi connectivity index (χ3n) is 2.75. The Labute approximate surface area is 112 Å². The molecule has 0 aliphatic heterocycles. The Hall–Kier alpha value is -0.980. The molecule has 0 aliphatic carbocycles. The Morgan fingerprint density at radius 3 is 2.83 bits per heavy atom. The Bertz CT molecular complexity index is 404. The van der Waals surface area contributed by atoms with Gasteiger partial charge in [0.15, 0.2) is 5.13 Å². The van der Waals surface area contributed by atoms with Gasteiger partial charge in [0.05, 0.1) is 5.69 Å². The summed E-state index contributed by atoms with van der Waals surface area (Å²) in [7, 11) is 1.51. The highest BCUT2D eigenvalue weighted by Gasteiger charge is 2.27. The van der Waals surface area contributed by atoms with Gasteiger partial charge in [-0.15, -0.1) is 11.3 Å². The highest BCUT2D eigenvalue weighted by molar-refractivity contribution is 7.13. The van der Waals surface area contributed by atoms with Crippen LogP contribution in [0.2, 0.25) is 0 Å². The average Bonchev–Trinajstić information content (AvgIpc) is 2.78. The van der Waals surface area contributed by atoms with E-state index in [0.29, 0.717) is 5.13 Å². The normalized spacial score (nSPS) is 13.4. The fourth-order valence-corrected chi connectivity index (χ4v) is 2.09. The van der Waals surface area contributed by atoms with Crippen molar-refractivity contribution >= 4 is 22.4 Å². The molecule has 5 nitrogen and oxygen atoms in total. The summed E-state index contributed by atoms with van der Waals surface area (Å²) in [6, 6.07) is 0.187. The Morgan fingerprint density at radius 2 is 2.28 bits per heavy atom. The van der Waals surface area contributed by atoms with E-state index in [1.54, 1.807) is 13.8 Å². The largest absolute Gasteiger partial charge is 0.369 e. The van der Waals surface area contributed by atoms with Crippen LogP contribution in [0.1, 0.15) is 39.4 Å². The van der Waals surface area contributed by atoms with Crippen molar-refractivity contribution < 1.29 is 9.53 Å². The lowest BCUT2D eigenvalue weighted by atomic mass is 10.1. The fourth-order valence-electron chi connectivity index (χ4n) is 1.29. The average molecular weight is 271 g/mol. The van der Waals surface area contributed by atoms with E-state index in [4.69, 9.17) is 4.74 Å². The van der Waals surface area contributed by atoms with Crippen molar-refractivity contribution in [2.45, 2.75) is 39.3 Å². The molecule has 1 rings (SSSR count). The lowest BCUT2D eigenvalue weighted by Crippen LogP contribution is -2.38. The van der Waals surface area contributed by atoms with E-state index < -0.39 is 5.60 Å². The summed E-state index contributed by atoms with van der Waals surface area (Å²) in [6.45, 7) is 8.42. The first-order chi connectivity index (χ1) is 8.40. The number of amides is 1. The molecule has 0 bridgehead atoms. The molecule has 0 saturated carbocycles. The van der Waals surface area contributed by atoms with E-state index in [1.807, 2.05) is 19.2 Å². The van der Waals surface area contributed by atoms with Crippen molar-refractivity contribution in [3.05, 3.63) is 11.1 Å². The smallest absolute Gasteiger partial charge is 0.257 e. The van der Waals surface area contributed by atoms with Gasteiger partial charge in [-0.3, -0.25) is 10.1 Å². The molecule has 1 atom stereocenters. The first-order valence-electron chi connectivity index (χ1n) is 5.96.